The zero-order valence-corrected chi connectivity index (χ0v) is 18.4. The largest absolute Gasteiger partial charge is 0.494 e. The van der Waals surface area contributed by atoms with Gasteiger partial charge in [-0.3, -0.25) is 14.5 Å². The van der Waals surface area contributed by atoms with Gasteiger partial charge in [0.25, 0.3) is 0 Å². The summed E-state index contributed by atoms with van der Waals surface area (Å²) in [5.41, 5.74) is 3.65. The van der Waals surface area contributed by atoms with Crippen molar-refractivity contribution < 1.29 is 9.47 Å². The van der Waals surface area contributed by atoms with Gasteiger partial charge < -0.3 is 9.47 Å². The van der Waals surface area contributed by atoms with E-state index in [4.69, 9.17) is 21.1 Å². The Kier molecular flexibility index (Phi) is 6.29. The van der Waals surface area contributed by atoms with Crippen molar-refractivity contribution in [1.29, 1.82) is 0 Å². The van der Waals surface area contributed by atoms with Crippen molar-refractivity contribution in [2.75, 3.05) is 39.5 Å². The van der Waals surface area contributed by atoms with Gasteiger partial charge in [0.15, 0.2) is 0 Å². The summed E-state index contributed by atoms with van der Waals surface area (Å²) in [5, 5.41) is 1.24. The van der Waals surface area contributed by atoms with Crippen molar-refractivity contribution in [2.24, 2.45) is 0 Å². The number of hydrogen-bond donors (Lipinski definition) is 0. The summed E-state index contributed by atoms with van der Waals surface area (Å²) >= 11 is 6.48. The molecule has 1 fully saturated rings. The Balaban J connectivity index is 1.33. The fourth-order valence-corrected chi connectivity index (χ4v) is 4.20. The molecule has 0 saturated carbocycles. The molecule has 8 heteroatoms. The smallest absolute Gasteiger partial charge is 0.150 e. The second-order valence-corrected chi connectivity index (χ2v) is 8.03. The predicted octanol–water partition coefficient (Wildman–Crippen LogP) is 4.24. The molecule has 4 aromatic rings. The van der Waals surface area contributed by atoms with Crippen LogP contribution in [0, 0.1) is 0 Å². The zero-order valence-electron chi connectivity index (χ0n) is 17.7. The molecule has 3 aromatic heterocycles. The average Bonchev–Trinajstić information content (AvgIpc) is 3.25. The molecular weight excluding hydrogens is 426 g/mol. The molecule has 0 N–H and O–H groups in total. The summed E-state index contributed by atoms with van der Waals surface area (Å²) in [6.07, 6.45) is 8.05. The second kappa shape index (κ2) is 9.65. The van der Waals surface area contributed by atoms with Crippen LogP contribution >= 0.6 is 11.6 Å². The summed E-state index contributed by atoms with van der Waals surface area (Å²) in [5.74, 6) is 0.856. The van der Waals surface area contributed by atoms with E-state index in [9.17, 15) is 0 Å². The molecule has 0 bridgehead atoms. The summed E-state index contributed by atoms with van der Waals surface area (Å²) in [6.45, 7) is 5.40. The Morgan fingerprint density at radius 1 is 1.06 bits per heavy atom. The highest BCUT2D eigenvalue weighted by atomic mass is 35.5. The highest BCUT2D eigenvalue weighted by molar-refractivity contribution is 6.35. The number of aromatic nitrogens is 4. The minimum atomic E-state index is 0.427. The van der Waals surface area contributed by atoms with Crippen molar-refractivity contribution in [3.05, 3.63) is 66.5 Å². The zero-order chi connectivity index (χ0) is 21.8. The molecule has 0 amide bonds. The van der Waals surface area contributed by atoms with E-state index in [-0.39, 0.29) is 0 Å². The lowest BCUT2D eigenvalue weighted by molar-refractivity contribution is 0.0358. The lowest BCUT2D eigenvalue weighted by atomic mass is 10.1. The highest BCUT2D eigenvalue weighted by Gasteiger charge is 2.16. The Morgan fingerprint density at radius 3 is 2.69 bits per heavy atom. The monoisotopic (exact) mass is 449 g/mol. The van der Waals surface area contributed by atoms with Crippen molar-refractivity contribution in [1.82, 2.24) is 24.4 Å². The van der Waals surface area contributed by atoms with Gasteiger partial charge >= 0.3 is 0 Å². The van der Waals surface area contributed by atoms with E-state index in [0.717, 1.165) is 72.9 Å². The molecule has 5 rings (SSSR count). The molecule has 1 aliphatic heterocycles. The van der Waals surface area contributed by atoms with E-state index >= 15 is 0 Å². The highest BCUT2D eigenvalue weighted by Crippen LogP contribution is 2.35. The molecule has 164 valence electrons. The van der Waals surface area contributed by atoms with Crippen LogP contribution in [0.5, 0.6) is 5.75 Å². The molecular formula is C24H24ClN5O2. The molecule has 4 heterocycles. The van der Waals surface area contributed by atoms with Gasteiger partial charge in [0.2, 0.25) is 0 Å². The van der Waals surface area contributed by atoms with Gasteiger partial charge in [-0.25, -0.2) is 9.97 Å². The van der Waals surface area contributed by atoms with E-state index in [0.29, 0.717) is 11.8 Å². The molecule has 0 radical (unpaired) electrons. The number of halogens is 1. The SMILES string of the molecule is Clc1ncnc2c1c(-c1ccc(OCCCN3CCOCC3)cc1)cn2-c1cccnc1. The van der Waals surface area contributed by atoms with Gasteiger partial charge in [-0.2, -0.15) is 0 Å². The number of pyridine rings is 1. The topological polar surface area (TPSA) is 65.3 Å². The van der Waals surface area contributed by atoms with Gasteiger partial charge in [-0.1, -0.05) is 23.7 Å². The number of ether oxygens (including phenoxy) is 2. The summed E-state index contributed by atoms with van der Waals surface area (Å²) in [6, 6.07) is 12.0. The van der Waals surface area contributed by atoms with E-state index in [1.54, 1.807) is 12.4 Å². The second-order valence-electron chi connectivity index (χ2n) is 7.67. The minimum absolute atomic E-state index is 0.427. The third-order valence-electron chi connectivity index (χ3n) is 5.62. The van der Waals surface area contributed by atoms with Crippen LogP contribution in [-0.4, -0.2) is 63.9 Å². The Morgan fingerprint density at radius 2 is 1.91 bits per heavy atom. The quantitative estimate of drug-likeness (QED) is 0.310. The van der Waals surface area contributed by atoms with Crippen LogP contribution in [0.25, 0.3) is 27.8 Å². The van der Waals surface area contributed by atoms with Gasteiger partial charge in [-0.05, 0) is 36.2 Å². The first-order valence-electron chi connectivity index (χ1n) is 10.7. The number of benzene rings is 1. The number of fused-ring (bicyclic) bond motifs is 1. The Bertz CT molecular complexity index is 1170. The lowest BCUT2D eigenvalue weighted by Gasteiger charge is -2.26. The predicted molar refractivity (Wildman–Crippen MR) is 124 cm³/mol. The first kappa shape index (κ1) is 20.9. The summed E-state index contributed by atoms with van der Waals surface area (Å²) in [7, 11) is 0. The average molecular weight is 450 g/mol. The third-order valence-corrected chi connectivity index (χ3v) is 5.90. The minimum Gasteiger partial charge on any atom is -0.494 e. The fraction of sp³-hybridized carbons (Fsp3) is 0.292. The Labute approximate surface area is 191 Å². The lowest BCUT2D eigenvalue weighted by Crippen LogP contribution is -2.37. The van der Waals surface area contributed by atoms with Crippen LogP contribution in [0.3, 0.4) is 0 Å². The molecule has 32 heavy (non-hydrogen) atoms. The maximum atomic E-state index is 6.48. The summed E-state index contributed by atoms with van der Waals surface area (Å²) in [4.78, 5) is 15.3. The normalized spacial score (nSPS) is 14.7. The van der Waals surface area contributed by atoms with Crippen molar-refractivity contribution in [3.63, 3.8) is 0 Å². The molecule has 7 nitrogen and oxygen atoms in total. The Hall–Kier alpha value is -3.00. The molecule has 0 spiro atoms. The van der Waals surface area contributed by atoms with Gasteiger partial charge in [0.05, 0.1) is 37.1 Å². The van der Waals surface area contributed by atoms with Crippen LogP contribution in [0.15, 0.2) is 61.3 Å². The maximum absolute atomic E-state index is 6.48. The van der Waals surface area contributed by atoms with Crippen LogP contribution in [0.4, 0.5) is 0 Å². The maximum Gasteiger partial charge on any atom is 0.150 e. The molecule has 0 unspecified atom stereocenters. The van der Waals surface area contributed by atoms with Crippen molar-refractivity contribution in [3.8, 4) is 22.6 Å². The summed E-state index contributed by atoms with van der Waals surface area (Å²) < 4.78 is 13.3. The van der Waals surface area contributed by atoms with Crippen LogP contribution in [0.2, 0.25) is 5.15 Å². The van der Waals surface area contributed by atoms with Gasteiger partial charge in [0, 0.05) is 37.6 Å². The number of hydrogen-bond acceptors (Lipinski definition) is 6. The van der Waals surface area contributed by atoms with E-state index < -0.39 is 0 Å². The number of morpholine rings is 1. The first-order chi connectivity index (χ1) is 15.8. The molecule has 0 aliphatic carbocycles. The van der Waals surface area contributed by atoms with E-state index in [1.807, 2.05) is 47.2 Å². The van der Waals surface area contributed by atoms with Crippen LogP contribution < -0.4 is 4.74 Å². The number of nitrogens with zero attached hydrogens (tertiary/aromatic N) is 5. The van der Waals surface area contributed by atoms with E-state index in [1.165, 1.54) is 6.33 Å². The van der Waals surface area contributed by atoms with Crippen LogP contribution in [-0.2, 0) is 4.74 Å². The van der Waals surface area contributed by atoms with Gasteiger partial charge in [0.1, 0.15) is 22.9 Å². The number of rotatable bonds is 7. The molecule has 1 aromatic carbocycles. The standard InChI is InChI=1S/C24H24ClN5O2/c25-23-22-21(16-30(24(22)28-17-27-23)19-3-1-8-26-15-19)18-4-6-20(7-5-18)32-12-2-9-29-10-13-31-14-11-29/h1,3-8,15-17H,2,9-14H2. The van der Waals surface area contributed by atoms with Crippen molar-refractivity contribution in [2.45, 2.75) is 6.42 Å². The van der Waals surface area contributed by atoms with Gasteiger partial charge in [-0.15, -0.1) is 0 Å². The molecule has 0 atom stereocenters. The van der Waals surface area contributed by atoms with E-state index in [2.05, 4.69) is 19.9 Å². The third kappa shape index (κ3) is 4.46. The molecule has 1 aliphatic rings. The first-order valence-corrected chi connectivity index (χ1v) is 11.1. The fourth-order valence-electron chi connectivity index (χ4n) is 3.97. The molecule has 1 saturated heterocycles. The van der Waals surface area contributed by atoms with Crippen LogP contribution in [0.1, 0.15) is 6.42 Å². The van der Waals surface area contributed by atoms with Crippen molar-refractivity contribution >= 4 is 22.6 Å².